The van der Waals surface area contributed by atoms with Crippen LogP contribution in [0.1, 0.15) is 29.5 Å². The molecule has 0 radical (unpaired) electrons. The maximum atomic E-state index is 9.26. The fourth-order valence-corrected chi connectivity index (χ4v) is 2.56. The number of aliphatic hydroxyl groups is 1. The fraction of sp³-hybridized carbons (Fsp3) is 0.455. The molecular formula is C11H12Cl2O. The van der Waals surface area contributed by atoms with E-state index in [9.17, 15) is 5.11 Å². The molecule has 3 heteroatoms. The van der Waals surface area contributed by atoms with E-state index in [1.807, 2.05) is 6.07 Å². The van der Waals surface area contributed by atoms with Gasteiger partial charge in [0.2, 0.25) is 0 Å². The lowest BCUT2D eigenvalue weighted by Crippen LogP contribution is -2.07. The van der Waals surface area contributed by atoms with Gasteiger partial charge in [-0.15, -0.1) is 0 Å². The van der Waals surface area contributed by atoms with Crippen molar-refractivity contribution in [3.8, 4) is 0 Å². The first-order valence-electron chi connectivity index (χ1n) is 4.83. The van der Waals surface area contributed by atoms with Gasteiger partial charge in [0.05, 0.1) is 16.7 Å². The minimum absolute atomic E-state index is 0.0122. The van der Waals surface area contributed by atoms with Crippen LogP contribution in [0.2, 0.25) is 10.0 Å². The molecule has 0 atom stereocenters. The summed E-state index contributed by atoms with van der Waals surface area (Å²) in [4.78, 5) is 0. The number of fused-ring (bicyclic) bond motifs is 1. The number of halogens is 2. The molecule has 2 rings (SSSR count). The third kappa shape index (κ3) is 1.65. The van der Waals surface area contributed by atoms with Crippen LogP contribution in [-0.2, 0) is 19.4 Å². The van der Waals surface area contributed by atoms with Crippen LogP contribution in [0.15, 0.2) is 6.07 Å². The summed E-state index contributed by atoms with van der Waals surface area (Å²) in [6.07, 6.45) is 4.45. The maximum absolute atomic E-state index is 9.26. The van der Waals surface area contributed by atoms with Crippen molar-refractivity contribution in [1.82, 2.24) is 0 Å². The Morgan fingerprint density at radius 3 is 2.64 bits per heavy atom. The first kappa shape index (κ1) is 10.3. The molecule has 0 fully saturated rings. The molecule has 1 aromatic carbocycles. The third-order valence-electron chi connectivity index (χ3n) is 2.81. The lowest BCUT2D eigenvalue weighted by Gasteiger charge is -2.20. The van der Waals surface area contributed by atoms with E-state index in [1.54, 1.807) is 0 Å². The Balaban J connectivity index is 2.60. The predicted molar refractivity (Wildman–Crippen MR) is 59.0 cm³/mol. The molecular weight excluding hydrogens is 219 g/mol. The zero-order chi connectivity index (χ0) is 10.1. The maximum Gasteiger partial charge on any atom is 0.0699 e. The first-order valence-corrected chi connectivity index (χ1v) is 5.59. The van der Waals surface area contributed by atoms with Gasteiger partial charge in [-0.3, -0.25) is 0 Å². The normalized spacial score (nSPS) is 15.4. The lowest BCUT2D eigenvalue weighted by molar-refractivity contribution is 0.280. The van der Waals surface area contributed by atoms with E-state index < -0.39 is 0 Å². The van der Waals surface area contributed by atoms with Crippen LogP contribution in [0.5, 0.6) is 0 Å². The number of hydrogen-bond acceptors (Lipinski definition) is 1. The van der Waals surface area contributed by atoms with Crippen molar-refractivity contribution in [2.24, 2.45) is 0 Å². The minimum atomic E-state index is -0.0122. The Morgan fingerprint density at radius 2 is 1.93 bits per heavy atom. The predicted octanol–water partition coefficient (Wildman–Crippen LogP) is 3.36. The van der Waals surface area contributed by atoms with E-state index in [2.05, 4.69) is 0 Å². The van der Waals surface area contributed by atoms with E-state index in [1.165, 1.54) is 24.0 Å². The van der Waals surface area contributed by atoms with Crippen LogP contribution in [-0.4, -0.2) is 5.11 Å². The van der Waals surface area contributed by atoms with Crippen molar-refractivity contribution in [3.05, 3.63) is 32.8 Å². The fourth-order valence-electron chi connectivity index (χ4n) is 2.09. The second-order valence-corrected chi connectivity index (χ2v) is 4.44. The van der Waals surface area contributed by atoms with Crippen LogP contribution in [0.25, 0.3) is 0 Å². The first-order chi connectivity index (χ1) is 6.74. The van der Waals surface area contributed by atoms with E-state index >= 15 is 0 Å². The Labute approximate surface area is 93.7 Å². The van der Waals surface area contributed by atoms with Gasteiger partial charge in [0, 0.05) is 5.56 Å². The molecule has 0 aliphatic heterocycles. The standard InChI is InChI=1S/C11H12Cl2O/c12-10-5-7-3-1-2-4-8(7)9(6-14)11(10)13/h5,14H,1-4,6H2. The molecule has 0 amide bonds. The Hall–Kier alpha value is -0.240. The molecule has 1 aliphatic carbocycles. The molecule has 0 heterocycles. The van der Waals surface area contributed by atoms with Gasteiger partial charge in [0.15, 0.2) is 0 Å². The molecule has 0 bridgehead atoms. The summed E-state index contributed by atoms with van der Waals surface area (Å²) >= 11 is 12.0. The van der Waals surface area contributed by atoms with Gasteiger partial charge in [-0.25, -0.2) is 0 Å². The van der Waals surface area contributed by atoms with Crippen LogP contribution in [0.3, 0.4) is 0 Å². The molecule has 0 unspecified atom stereocenters. The van der Waals surface area contributed by atoms with Crippen molar-refractivity contribution in [2.75, 3.05) is 0 Å². The quantitative estimate of drug-likeness (QED) is 0.785. The zero-order valence-corrected chi connectivity index (χ0v) is 9.33. The Kier molecular flexibility index (Phi) is 3.01. The van der Waals surface area contributed by atoms with Crippen molar-refractivity contribution in [1.29, 1.82) is 0 Å². The molecule has 0 aromatic heterocycles. The Morgan fingerprint density at radius 1 is 1.21 bits per heavy atom. The number of aryl methyl sites for hydroxylation is 1. The highest BCUT2D eigenvalue weighted by atomic mass is 35.5. The van der Waals surface area contributed by atoms with Crippen LogP contribution in [0.4, 0.5) is 0 Å². The van der Waals surface area contributed by atoms with Gasteiger partial charge in [-0.1, -0.05) is 23.2 Å². The molecule has 0 saturated heterocycles. The molecule has 0 saturated carbocycles. The molecule has 76 valence electrons. The molecule has 14 heavy (non-hydrogen) atoms. The highest BCUT2D eigenvalue weighted by molar-refractivity contribution is 6.42. The number of hydrogen-bond donors (Lipinski definition) is 1. The van der Waals surface area contributed by atoms with Crippen molar-refractivity contribution in [2.45, 2.75) is 32.3 Å². The van der Waals surface area contributed by atoms with Crippen LogP contribution in [0, 0.1) is 0 Å². The minimum Gasteiger partial charge on any atom is -0.392 e. The number of aliphatic hydroxyl groups excluding tert-OH is 1. The Bertz CT molecular complexity index is 361. The van der Waals surface area contributed by atoms with Gasteiger partial charge >= 0.3 is 0 Å². The average molecular weight is 231 g/mol. The topological polar surface area (TPSA) is 20.2 Å². The summed E-state index contributed by atoms with van der Waals surface area (Å²) in [7, 11) is 0. The van der Waals surface area contributed by atoms with Crippen molar-refractivity contribution in [3.63, 3.8) is 0 Å². The molecule has 0 spiro atoms. The summed E-state index contributed by atoms with van der Waals surface area (Å²) < 4.78 is 0. The third-order valence-corrected chi connectivity index (χ3v) is 3.64. The van der Waals surface area contributed by atoms with Crippen molar-refractivity contribution >= 4 is 23.2 Å². The summed E-state index contributed by atoms with van der Waals surface area (Å²) in [6.45, 7) is -0.0122. The van der Waals surface area contributed by atoms with Crippen LogP contribution >= 0.6 is 23.2 Å². The number of rotatable bonds is 1. The van der Waals surface area contributed by atoms with Gasteiger partial charge in [-0.05, 0) is 42.9 Å². The highest BCUT2D eigenvalue weighted by Crippen LogP contribution is 2.35. The summed E-state index contributed by atoms with van der Waals surface area (Å²) in [6, 6.07) is 1.94. The van der Waals surface area contributed by atoms with Gasteiger partial charge < -0.3 is 5.11 Å². The van der Waals surface area contributed by atoms with E-state index in [0.29, 0.717) is 10.0 Å². The molecule has 1 N–H and O–H groups in total. The number of benzene rings is 1. The molecule has 1 aromatic rings. The monoisotopic (exact) mass is 230 g/mol. The smallest absolute Gasteiger partial charge is 0.0699 e. The van der Waals surface area contributed by atoms with E-state index in [-0.39, 0.29) is 6.61 Å². The van der Waals surface area contributed by atoms with E-state index in [0.717, 1.165) is 18.4 Å². The summed E-state index contributed by atoms with van der Waals surface area (Å²) in [5, 5.41) is 10.3. The van der Waals surface area contributed by atoms with Crippen LogP contribution < -0.4 is 0 Å². The largest absolute Gasteiger partial charge is 0.392 e. The zero-order valence-electron chi connectivity index (χ0n) is 7.82. The van der Waals surface area contributed by atoms with Crippen molar-refractivity contribution < 1.29 is 5.11 Å². The lowest BCUT2D eigenvalue weighted by atomic mass is 9.88. The van der Waals surface area contributed by atoms with E-state index in [4.69, 9.17) is 23.2 Å². The second-order valence-electron chi connectivity index (χ2n) is 3.65. The SMILES string of the molecule is OCc1c(Cl)c(Cl)cc2c1CCCC2. The summed E-state index contributed by atoms with van der Waals surface area (Å²) in [5.74, 6) is 0. The summed E-state index contributed by atoms with van der Waals surface area (Å²) in [5.41, 5.74) is 3.30. The highest BCUT2D eigenvalue weighted by Gasteiger charge is 2.17. The van der Waals surface area contributed by atoms with Gasteiger partial charge in [-0.2, -0.15) is 0 Å². The van der Waals surface area contributed by atoms with Gasteiger partial charge in [0.25, 0.3) is 0 Å². The average Bonchev–Trinajstić information content (AvgIpc) is 2.20. The second kappa shape index (κ2) is 4.09. The molecule has 1 aliphatic rings. The molecule has 1 nitrogen and oxygen atoms in total. The van der Waals surface area contributed by atoms with Gasteiger partial charge in [0.1, 0.15) is 0 Å².